The molecule has 1 aromatic carbocycles. The summed E-state index contributed by atoms with van der Waals surface area (Å²) in [5.74, 6) is 1.31. The van der Waals surface area contributed by atoms with Crippen molar-refractivity contribution < 1.29 is 4.74 Å². The zero-order chi connectivity index (χ0) is 18.3. The van der Waals surface area contributed by atoms with Crippen LogP contribution in [0.3, 0.4) is 0 Å². The van der Waals surface area contributed by atoms with Gasteiger partial charge in [-0.05, 0) is 32.9 Å². The molecule has 1 aliphatic heterocycles. The van der Waals surface area contributed by atoms with E-state index >= 15 is 0 Å². The van der Waals surface area contributed by atoms with E-state index in [0.717, 1.165) is 43.2 Å². The van der Waals surface area contributed by atoms with Gasteiger partial charge in [-0.25, -0.2) is 9.50 Å². The van der Waals surface area contributed by atoms with Crippen molar-refractivity contribution in [2.24, 2.45) is 0 Å². The zero-order valence-electron chi connectivity index (χ0n) is 15.5. The monoisotopic (exact) mass is 352 g/mol. The van der Waals surface area contributed by atoms with Crippen molar-refractivity contribution >= 4 is 5.65 Å². The molecule has 1 fully saturated rings. The van der Waals surface area contributed by atoms with E-state index in [2.05, 4.69) is 21.0 Å². The first-order valence-corrected chi connectivity index (χ1v) is 9.00. The Morgan fingerprint density at radius 3 is 2.92 bits per heavy atom. The smallest absolute Gasteiger partial charge is 0.275 e. The number of methoxy groups -OCH3 is 1. The van der Waals surface area contributed by atoms with Gasteiger partial charge in [-0.3, -0.25) is 14.8 Å². The molecule has 3 heterocycles. The predicted octanol–water partition coefficient (Wildman–Crippen LogP) is 2.64. The standard InChI is InChI=1S/C20H24N4O2/c1-13-14(2)21-19-10-17(22-24(19)20(13)25)15-8-9-23(11-15)12-16-6-4-5-7-18(16)26-3/h4-7,10,15,22H,8-9,11-12H2,1-3H3. The first kappa shape index (κ1) is 16.8. The molecule has 1 unspecified atom stereocenters. The summed E-state index contributed by atoms with van der Waals surface area (Å²) in [7, 11) is 1.71. The molecule has 0 saturated carbocycles. The average Bonchev–Trinajstić information content (AvgIpc) is 3.27. The van der Waals surface area contributed by atoms with E-state index in [4.69, 9.17) is 4.74 Å². The Morgan fingerprint density at radius 1 is 1.31 bits per heavy atom. The highest BCUT2D eigenvalue weighted by atomic mass is 16.5. The number of likely N-dealkylation sites (tertiary alicyclic amines) is 1. The molecule has 6 heteroatoms. The summed E-state index contributed by atoms with van der Waals surface area (Å²) in [6, 6.07) is 10.2. The molecular formula is C20H24N4O2. The average molecular weight is 352 g/mol. The van der Waals surface area contributed by atoms with Crippen molar-refractivity contribution in [3.05, 3.63) is 63.2 Å². The van der Waals surface area contributed by atoms with Gasteiger partial charge < -0.3 is 4.74 Å². The second kappa shape index (κ2) is 6.61. The van der Waals surface area contributed by atoms with Crippen LogP contribution >= 0.6 is 0 Å². The van der Waals surface area contributed by atoms with Crippen LogP contribution in [0.2, 0.25) is 0 Å². The first-order valence-electron chi connectivity index (χ1n) is 9.00. The number of hydrogen-bond donors (Lipinski definition) is 1. The van der Waals surface area contributed by atoms with Crippen molar-refractivity contribution in [3.8, 4) is 5.75 Å². The molecule has 0 spiro atoms. The number of fused-ring (bicyclic) bond motifs is 1. The zero-order valence-corrected chi connectivity index (χ0v) is 15.5. The molecule has 1 aliphatic rings. The minimum absolute atomic E-state index is 0.0115. The Kier molecular flexibility index (Phi) is 4.28. The third-order valence-corrected chi connectivity index (χ3v) is 5.40. The Hall–Kier alpha value is -2.60. The van der Waals surface area contributed by atoms with Crippen LogP contribution in [0.15, 0.2) is 35.1 Å². The number of H-pyrrole nitrogens is 1. The number of nitrogens with one attached hydrogen (secondary N) is 1. The van der Waals surface area contributed by atoms with E-state index in [1.54, 1.807) is 11.6 Å². The van der Waals surface area contributed by atoms with Gasteiger partial charge in [0.25, 0.3) is 5.56 Å². The second-order valence-corrected chi connectivity index (χ2v) is 7.07. The molecular weight excluding hydrogens is 328 g/mol. The van der Waals surface area contributed by atoms with Crippen LogP contribution in [0.4, 0.5) is 0 Å². The van der Waals surface area contributed by atoms with Crippen molar-refractivity contribution in [3.63, 3.8) is 0 Å². The topological polar surface area (TPSA) is 62.6 Å². The van der Waals surface area contributed by atoms with Gasteiger partial charge >= 0.3 is 0 Å². The number of aromatic nitrogens is 3. The molecule has 0 bridgehead atoms. The largest absolute Gasteiger partial charge is 0.496 e. The third-order valence-electron chi connectivity index (χ3n) is 5.40. The summed E-state index contributed by atoms with van der Waals surface area (Å²) in [6.07, 6.45) is 1.06. The fourth-order valence-electron chi connectivity index (χ4n) is 3.75. The summed E-state index contributed by atoms with van der Waals surface area (Å²) in [4.78, 5) is 19.4. The summed E-state index contributed by atoms with van der Waals surface area (Å²) in [6.45, 7) is 6.56. The van der Waals surface area contributed by atoms with Gasteiger partial charge in [0.2, 0.25) is 0 Å². The lowest BCUT2D eigenvalue weighted by molar-refractivity contribution is 0.316. The summed E-state index contributed by atoms with van der Waals surface area (Å²) < 4.78 is 7.03. The summed E-state index contributed by atoms with van der Waals surface area (Å²) in [5, 5.41) is 3.27. The number of rotatable bonds is 4. The van der Waals surface area contributed by atoms with E-state index < -0.39 is 0 Å². The molecule has 2 aromatic heterocycles. The number of hydrogen-bond acceptors (Lipinski definition) is 4. The molecule has 4 rings (SSSR count). The minimum atomic E-state index is -0.0115. The summed E-state index contributed by atoms with van der Waals surface area (Å²) in [5.41, 5.74) is 4.47. The maximum absolute atomic E-state index is 12.4. The highest BCUT2D eigenvalue weighted by Crippen LogP contribution is 2.29. The van der Waals surface area contributed by atoms with E-state index in [1.165, 1.54) is 5.56 Å². The normalized spacial score (nSPS) is 17.9. The van der Waals surface area contributed by atoms with Gasteiger partial charge in [-0.1, -0.05) is 18.2 Å². The van der Waals surface area contributed by atoms with Crippen LogP contribution in [-0.4, -0.2) is 39.7 Å². The Bertz CT molecular complexity index is 1000. The molecule has 0 aliphatic carbocycles. The first-order chi connectivity index (χ1) is 12.6. The van der Waals surface area contributed by atoms with Gasteiger partial charge in [0.15, 0.2) is 5.65 Å². The summed E-state index contributed by atoms with van der Waals surface area (Å²) >= 11 is 0. The molecule has 136 valence electrons. The maximum atomic E-state index is 12.4. The number of aryl methyl sites for hydroxylation is 1. The van der Waals surface area contributed by atoms with Gasteiger partial charge in [-0.15, -0.1) is 0 Å². The van der Waals surface area contributed by atoms with Crippen LogP contribution in [0.5, 0.6) is 5.75 Å². The molecule has 1 atom stereocenters. The fraction of sp³-hybridized carbons (Fsp3) is 0.400. The highest BCUT2D eigenvalue weighted by molar-refractivity contribution is 5.42. The third kappa shape index (κ3) is 2.90. The van der Waals surface area contributed by atoms with Crippen LogP contribution in [0.1, 0.15) is 34.9 Å². The second-order valence-electron chi connectivity index (χ2n) is 7.07. The number of benzene rings is 1. The molecule has 1 saturated heterocycles. The van der Waals surface area contributed by atoms with Crippen molar-refractivity contribution in [1.29, 1.82) is 0 Å². The molecule has 0 radical (unpaired) electrons. The lowest BCUT2D eigenvalue weighted by Crippen LogP contribution is -2.21. The lowest BCUT2D eigenvalue weighted by Gasteiger charge is -2.17. The van der Waals surface area contributed by atoms with E-state index in [0.29, 0.717) is 17.1 Å². The quantitative estimate of drug-likeness (QED) is 0.784. The fourth-order valence-corrected chi connectivity index (χ4v) is 3.75. The van der Waals surface area contributed by atoms with Crippen LogP contribution < -0.4 is 10.3 Å². The van der Waals surface area contributed by atoms with Crippen molar-refractivity contribution in [2.45, 2.75) is 32.7 Å². The van der Waals surface area contributed by atoms with E-state index in [9.17, 15) is 4.79 Å². The Balaban J connectivity index is 1.55. The minimum Gasteiger partial charge on any atom is -0.496 e. The lowest BCUT2D eigenvalue weighted by atomic mass is 10.1. The van der Waals surface area contributed by atoms with E-state index in [-0.39, 0.29) is 5.56 Å². The molecule has 3 aromatic rings. The van der Waals surface area contributed by atoms with Gasteiger partial charge in [0.1, 0.15) is 5.75 Å². The van der Waals surface area contributed by atoms with E-state index in [1.807, 2.05) is 38.1 Å². The van der Waals surface area contributed by atoms with Gasteiger partial charge in [0.05, 0.1) is 7.11 Å². The Labute approximate surface area is 152 Å². The van der Waals surface area contributed by atoms with Crippen molar-refractivity contribution in [2.75, 3.05) is 20.2 Å². The van der Waals surface area contributed by atoms with Crippen LogP contribution in [-0.2, 0) is 6.54 Å². The molecule has 26 heavy (non-hydrogen) atoms. The molecule has 6 nitrogen and oxygen atoms in total. The maximum Gasteiger partial charge on any atom is 0.275 e. The Morgan fingerprint density at radius 2 is 2.12 bits per heavy atom. The predicted molar refractivity (Wildman–Crippen MR) is 101 cm³/mol. The SMILES string of the molecule is COc1ccccc1CN1CCC(c2cc3nc(C)c(C)c(=O)n3[nH]2)C1. The van der Waals surface area contributed by atoms with Crippen molar-refractivity contribution in [1.82, 2.24) is 19.5 Å². The van der Waals surface area contributed by atoms with Gasteiger partial charge in [0, 0.05) is 47.6 Å². The number of ether oxygens (including phenoxy) is 1. The van der Waals surface area contributed by atoms with Crippen LogP contribution in [0, 0.1) is 13.8 Å². The molecule has 0 amide bonds. The highest BCUT2D eigenvalue weighted by Gasteiger charge is 2.26. The van der Waals surface area contributed by atoms with Gasteiger partial charge in [-0.2, -0.15) is 0 Å². The molecule has 1 N–H and O–H groups in total. The number of para-hydroxylation sites is 1. The number of aromatic amines is 1. The number of nitrogens with zero attached hydrogens (tertiary/aromatic N) is 3. The van der Waals surface area contributed by atoms with Crippen LogP contribution in [0.25, 0.3) is 5.65 Å².